The van der Waals surface area contributed by atoms with Crippen molar-refractivity contribution >= 4 is 12.0 Å². The van der Waals surface area contributed by atoms with E-state index >= 15 is 0 Å². The van der Waals surface area contributed by atoms with Crippen LogP contribution >= 0.6 is 12.0 Å². The molecule has 72 valence electrons. The smallest absolute Gasteiger partial charge is 0.260 e. The summed E-state index contributed by atoms with van der Waals surface area (Å²) in [5.74, 6) is 0. The van der Waals surface area contributed by atoms with Gasteiger partial charge in [-0.1, -0.05) is 0 Å². The van der Waals surface area contributed by atoms with Crippen LogP contribution < -0.4 is 0 Å². The first-order chi connectivity index (χ1) is 5.97. The second-order valence-corrected chi connectivity index (χ2v) is 3.05. The molecule has 0 saturated carbocycles. The Balaban J connectivity index is 2.51. The molecule has 13 heavy (non-hydrogen) atoms. The minimum absolute atomic E-state index is 0.249. The Bertz CT molecular complexity index is 272. The van der Waals surface area contributed by atoms with E-state index in [1.807, 2.05) is 0 Å². The molecule has 1 aromatic rings. The second kappa shape index (κ2) is 3.97. The average molecular weight is 209 g/mol. The van der Waals surface area contributed by atoms with Crippen LogP contribution in [0.4, 0.5) is 13.2 Å². The lowest BCUT2D eigenvalue weighted by Gasteiger charge is -2.04. The summed E-state index contributed by atoms with van der Waals surface area (Å²) < 4.78 is 38.2. The molecule has 1 rings (SSSR count). The highest BCUT2D eigenvalue weighted by Gasteiger charge is 2.30. The molecule has 0 atom stereocenters. The summed E-state index contributed by atoms with van der Waals surface area (Å²) >= 11 is 0.249. The zero-order valence-electron chi connectivity index (χ0n) is 6.63. The third kappa shape index (κ3) is 4.14. The van der Waals surface area contributed by atoms with Crippen LogP contribution in [-0.2, 0) is 4.18 Å². The van der Waals surface area contributed by atoms with Crippen LogP contribution in [0.3, 0.4) is 0 Å². The maximum absolute atomic E-state index is 11.6. The Labute approximate surface area is 77.3 Å². The van der Waals surface area contributed by atoms with Crippen molar-refractivity contribution < 1.29 is 17.4 Å². The van der Waals surface area contributed by atoms with E-state index in [0.29, 0.717) is 4.90 Å². The highest BCUT2D eigenvalue weighted by Crippen LogP contribution is 2.28. The predicted octanol–water partition coefficient (Wildman–Crippen LogP) is 2.93. The lowest BCUT2D eigenvalue weighted by atomic mass is 10.4. The third-order valence-corrected chi connectivity index (χ3v) is 1.82. The van der Waals surface area contributed by atoms with Gasteiger partial charge in [-0.25, -0.2) is 4.18 Å². The molecular formula is C7H6F3NOS. The van der Waals surface area contributed by atoms with E-state index in [4.69, 9.17) is 0 Å². The summed E-state index contributed by atoms with van der Waals surface area (Å²) in [7, 11) is 0. The molecule has 6 heteroatoms. The standard InChI is InChI=1S/C7H6F3NOS/c1-5-2-3-6(4-11-5)13-12-7(8,9)10/h2-4H,1H3. The highest BCUT2D eigenvalue weighted by atomic mass is 32.2. The van der Waals surface area contributed by atoms with Crippen LogP contribution in [0.25, 0.3) is 0 Å². The molecule has 0 saturated heterocycles. The Morgan fingerprint density at radius 1 is 1.38 bits per heavy atom. The highest BCUT2D eigenvalue weighted by molar-refractivity contribution is 7.94. The van der Waals surface area contributed by atoms with Crippen LogP contribution in [-0.4, -0.2) is 11.3 Å². The van der Waals surface area contributed by atoms with E-state index in [-0.39, 0.29) is 12.0 Å². The number of rotatable bonds is 2. The van der Waals surface area contributed by atoms with Gasteiger partial charge in [-0.05, 0) is 19.1 Å². The molecule has 0 aliphatic heterocycles. The van der Waals surface area contributed by atoms with Crippen LogP contribution in [0.1, 0.15) is 5.69 Å². The predicted molar refractivity (Wildman–Crippen MR) is 42.0 cm³/mol. The number of nitrogens with zero attached hydrogens (tertiary/aromatic N) is 1. The molecule has 0 bridgehead atoms. The van der Waals surface area contributed by atoms with Gasteiger partial charge in [0, 0.05) is 23.9 Å². The third-order valence-electron chi connectivity index (χ3n) is 1.12. The molecule has 0 unspecified atom stereocenters. The molecule has 1 heterocycles. The van der Waals surface area contributed by atoms with Gasteiger partial charge in [0.1, 0.15) is 0 Å². The molecule has 0 N–H and O–H groups in total. The van der Waals surface area contributed by atoms with Crippen LogP contribution in [0.15, 0.2) is 23.2 Å². The molecule has 0 aliphatic rings. The lowest BCUT2D eigenvalue weighted by molar-refractivity contribution is -0.266. The molecule has 0 radical (unpaired) electrons. The summed E-state index contributed by atoms with van der Waals surface area (Å²) in [6.45, 7) is 1.75. The first kappa shape index (κ1) is 10.3. The number of hydrogen-bond donors (Lipinski definition) is 0. The summed E-state index contributed by atoms with van der Waals surface area (Å²) in [4.78, 5) is 4.13. The number of pyridine rings is 1. The number of aryl methyl sites for hydroxylation is 1. The number of alkyl halides is 3. The summed E-state index contributed by atoms with van der Waals surface area (Å²) in [5.41, 5.74) is 0.747. The molecule has 0 fully saturated rings. The fourth-order valence-corrected chi connectivity index (χ4v) is 1.01. The van der Waals surface area contributed by atoms with Gasteiger partial charge in [0.25, 0.3) is 0 Å². The molecule has 2 nitrogen and oxygen atoms in total. The monoisotopic (exact) mass is 209 g/mol. The number of aromatic nitrogens is 1. The molecular weight excluding hydrogens is 203 g/mol. The minimum atomic E-state index is -4.62. The van der Waals surface area contributed by atoms with E-state index in [2.05, 4.69) is 9.17 Å². The SMILES string of the molecule is Cc1ccc(SOC(F)(F)F)cn1. The van der Waals surface area contributed by atoms with Crippen molar-refractivity contribution in [2.45, 2.75) is 18.2 Å². The van der Waals surface area contributed by atoms with Gasteiger partial charge in [0.2, 0.25) is 0 Å². The summed E-state index contributed by atoms with van der Waals surface area (Å²) in [6.07, 6.45) is -3.29. The van der Waals surface area contributed by atoms with Gasteiger partial charge in [-0.2, -0.15) is 0 Å². The van der Waals surface area contributed by atoms with Crippen LogP contribution in [0.5, 0.6) is 0 Å². The topological polar surface area (TPSA) is 22.1 Å². The van der Waals surface area contributed by atoms with Crippen molar-refractivity contribution in [1.29, 1.82) is 0 Å². The van der Waals surface area contributed by atoms with E-state index in [1.54, 1.807) is 13.0 Å². The molecule has 0 amide bonds. The quantitative estimate of drug-likeness (QED) is 0.699. The fourth-order valence-electron chi connectivity index (χ4n) is 0.599. The first-order valence-electron chi connectivity index (χ1n) is 3.32. The fraction of sp³-hybridized carbons (Fsp3) is 0.286. The van der Waals surface area contributed by atoms with E-state index in [0.717, 1.165) is 5.69 Å². The zero-order chi connectivity index (χ0) is 9.90. The Hall–Kier alpha value is -0.750. The minimum Gasteiger partial charge on any atom is -0.260 e. The van der Waals surface area contributed by atoms with Gasteiger partial charge in [-0.15, -0.1) is 13.2 Å². The largest absolute Gasteiger partial charge is 0.533 e. The molecule has 0 aliphatic carbocycles. The lowest BCUT2D eigenvalue weighted by Crippen LogP contribution is -2.07. The Morgan fingerprint density at radius 3 is 2.54 bits per heavy atom. The van der Waals surface area contributed by atoms with Crippen molar-refractivity contribution in [3.05, 3.63) is 24.0 Å². The van der Waals surface area contributed by atoms with Gasteiger partial charge in [0.05, 0.1) is 4.90 Å². The second-order valence-electron chi connectivity index (χ2n) is 2.25. The van der Waals surface area contributed by atoms with Crippen molar-refractivity contribution in [2.75, 3.05) is 0 Å². The number of halogens is 3. The van der Waals surface area contributed by atoms with E-state index < -0.39 is 6.36 Å². The zero-order valence-corrected chi connectivity index (χ0v) is 7.45. The summed E-state index contributed by atoms with van der Waals surface area (Å²) in [5, 5.41) is 0. The van der Waals surface area contributed by atoms with Crippen molar-refractivity contribution in [3.63, 3.8) is 0 Å². The van der Waals surface area contributed by atoms with Crippen molar-refractivity contribution in [3.8, 4) is 0 Å². The Morgan fingerprint density at radius 2 is 2.08 bits per heavy atom. The number of hydrogen-bond acceptors (Lipinski definition) is 3. The molecule has 1 aromatic heterocycles. The molecule has 0 spiro atoms. The van der Waals surface area contributed by atoms with E-state index in [9.17, 15) is 13.2 Å². The van der Waals surface area contributed by atoms with E-state index in [1.165, 1.54) is 12.3 Å². The van der Waals surface area contributed by atoms with Gasteiger partial charge in [0.15, 0.2) is 0 Å². The van der Waals surface area contributed by atoms with Gasteiger partial charge >= 0.3 is 6.36 Å². The summed E-state index contributed by atoms with van der Waals surface area (Å²) in [6, 6.07) is 3.13. The van der Waals surface area contributed by atoms with Crippen molar-refractivity contribution in [1.82, 2.24) is 4.98 Å². The van der Waals surface area contributed by atoms with Gasteiger partial charge in [-0.3, -0.25) is 4.98 Å². The first-order valence-corrected chi connectivity index (χ1v) is 4.06. The molecule has 0 aromatic carbocycles. The normalized spacial score (nSPS) is 11.7. The van der Waals surface area contributed by atoms with Gasteiger partial charge < -0.3 is 0 Å². The van der Waals surface area contributed by atoms with Crippen LogP contribution in [0, 0.1) is 6.92 Å². The maximum atomic E-state index is 11.6. The van der Waals surface area contributed by atoms with Crippen molar-refractivity contribution in [2.24, 2.45) is 0 Å². The van der Waals surface area contributed by atoms with Crippen LogP contribution in [0.2, 0.25) is 0 Å². The maximum Gasteiger partial charge on any atom is 0.533 e. The average Bonchev–Trinajstić information content (AvgIpc) is 2.02. The Kier molecular flexibility index (Phi) is 3.16.